The molecule has 0 radical (unpaired) electrons. The van der Waals surface area contributed by atoms with Gasteiger partial charge in [-0.15, -0.1) is 10.2 Å². The molecule has 0 bridgehead atoms. The van der Waals surface area contributed by atoms with Crippen molar-refractivity contribution in [2.24, 2.45) is 5.92 Å². The summed E-state index contributed by atoms with van der Waals surface area (Å²) in [5, 5.41) is 11.8. The number of benzene rings is 2. The summed E-state index contributed by atoms with van der Waals surface area (Å²) in [5.41, 5.74) is 3.00. The molecule has 1 aliphatic rings. The van der Waals surface area contributed by atoms with Crippen molar-refractivity contribution in [3.05, 3.63) is 66.2 Å². The van der Waals surface area contributed by atoms with E-state index in [0.717, 1.165) is 36.1 Å². The van der Waals surface area contributed by atoms with E-state index in [-0.39, 0.29) is 5.91 Å². The van der Waals surface area contributed by atoms with Gasteiger partial charge in [-0.1, -0.05) is 31.2 Å². The zero-order valence-electron chi connectivity index (χ0n) is 18.0. The maximum Gasteiger partial charge on any atom is 0.259 e. The first-order chi connectivity index (χ1) is 15.1. The molecule has 160 valence electrons. The molecule has 0 aliphatic carbocycles. The molecule has 31 heavy (non-hydrogen) atoms. The van der Waals surface area contributed by atoms with Gasteiger partial charge in [0.25, 0.3) is 5.91 Å². The van der Waals surface area contributed by atoms with E-state index in [1.165, 1.54) is 12.8 Å². The van der Waals surface area contributed by atoms with E-state index in [9.17, 15) is 4.79 Å². The lowest BCUT2D eigenvalue weighted by Gasteiger charge is -2.30. The highest BCUT2D eigenvalue weighted by Gasteiger charge is 2.17. The second kappa shape index (κ2) is 9.60. The van der Waals surface area contributed by atoms with Crippen LogP contribution in [0.2, 0.25) is 0 Å². The lowest BCUT2D eigenvalue weighted by molar-refractivity contribution is 0.102. The summed E-state index contributed by atoms with van der Waals surface area (Å²) in [7, 11) is 0. The predicted octanol–water partition coefficient (Wildman–Crippen LogP) is 5.03. The first-order valence-electron chi connectivity index (χ1n) is 10.9. The van der Waals surface area contributed by atoms with Crippen molar-refractivity contribution in [1.82, 2.24) is 10.2 Å². The number of aromatic nitrogens is 2. The zero-order chi connectivity index (χ0) is 21.6. The Balaban J connectivity index is 1.42. The molecule has 1 N–H and O–H groups in total. The number of amides is 1. The summed E-state index contributed by atoms with van der Waals surface area (Å²) in [4.78, 5) is 15.0. The smallest absolute Gasteiger partial charge is 0.259 e. The van der Waals surface area contributed by atoms with Crippen molar-refractivity contribution in [1.29, 1.82) is 0 Å². The van der Waals surface area contributed by atoms with Gasteiger partial charge < -0.3 is 15.0 Å². The maximum atomic E-state index is 12.7. The molecule has 1 amide bonds. The maximum absolute atomic E-state index is 12.7. The fraction of sp³-hybridized carbons (Fsp3) is 0.320. The van der Waals surface area contributed by atoms with Gasteiger partial charge in [-0.05, 0) is 62.1 Å². The fourth-order valence-electron chi connectivity index (χ4n) is 3.74. The molecule has 6 nitrogen and oxygen atoms in total. The van der Waals surface area contributed by atoms with Crippen molar-refractivity contribution >= 4 is 17.4 Å². The molecule has 3 aromatic rings. The number of piperidine rings is 1. The van der Waals surface area contributed by atoms with Gasteiger partial charge in [-0.25, -0.2) is 0 Å². The molecule has 4 rings (SSSR count). The minimum atomic E-state index is -0.197. The monoisotopic (exact) mass is 416 g/mol. The summed E-state index contributed by atoms with van der Waals surface area (Å²) < 4.78 is 5.55. The summed E-state index contributed by atoms with van der Waals surface area (Å²) in [6.45, 7) is 6.79. The van der Waals surface area contributed by atoms with Crippen LogP contribution in [0.3, 0.4) is 0 Å². The van der Waals surface area contributed by atoms with E-state index in [0.29, 0.717) is 23.6 Å². The lowest BCUT2D eigenvalue weighted by atomic mass is 9.99. The third-order valence-electron chi connectivity index (χ3n) is 5.63. The topological polar surface area (TPSA) is 67.3 Å². The molecular weight excluding hydrogens is 388 g/mol. The van der Waals surface area contributed by atoms with E-state index in [4.69, 9.17) is 4.74 Å². The second-order valence-corrected chi connectivity index (χ2v) is 7.91. The standard InChI is InChI=1S/C25H28N4O2/c1-3-31-23-7-5-4-6-21(23)25(30)26-20-10-8-19(9-11-20)22-12-13-24(28-27-22)29-16-14-18(2)15-17-29/h4-13,18H,3,14-17H2,1-2H3,(H,26,30). The molecule has 1 aromatic heterocycles. The molecule has 0 spiro atoms. The number of carbonyl (C=O) groups is 1. The zero-order valence-corrected chi connectivity index (χ0v) is 18.0. The van der Waals surface area contributed by atoms with E-state index in [1.807, 2.05) is 55.5 Å². The minimum Gasteiger partial charge on any atom is -0.493 e. The van der Waals surface area contributed by atoms with Crippen LogP contribution in [0, 0.1) is 5.92 Å². The third kappa shape index (κ3) is 5.02. The molecule has 2 heterocycles. The van der Waals surface area contributed by atoms with E-state index in [2.05, 4.69) is 27.3 Å². The Kier molecular flexibility index (Phi) is 6.46. The molecule has 2 aromatic carbocycles. The van der Waals surface area contributed by atoms with Crippen molar-refractivity contribution in [2.75, 3.05) is 29.9 Å². The molecule has 0 atom stereocenters. The van der Waals surface area contributed by atoms with Crippen LogP contribution in [-0.4, -0.2) is 35.8 Å². The van der Waals surface area contributed by atoms with E-state index < -0.39 is 0 Å². The Bertz CT molecular complexity index is 1010. The Morgan fingerprint density at radius 3 is 2.45 bits per heavy atom. The van der Waals surface area contributed by atoms with Gasteiger partial charge in [0.15, 0.2) is 5.82 Å². The second-order valence-electron chi connectivity index (χ2n) is 7.91. The van der Waals surface area contributed by atoms with E-state index in [1.54, 1.807) is 12.1 Å². The number of anilines is 2. The third-order valence-corrected chi connectivity index (χ3v) is 5.63. The van der Waals surface area contributed by atoms with Crippen molar-refractivity contribution < 1.29 is 9.53 Å². The number of carbonyl (C=O) groups excluding carboxylic acids is 1. The van der Waals surface area contributed by atoms with Gasteiger partial charge in [0.1, 0.15) is 5.75 Å². The van der Waals surface area contributed by atoms with Gasteiger partial charge in [-0.3, -0.25) is 4.79 Å². The average Bonchev–Trinajstić information content (AvgIpc) is 2.81. The van der Waals surface area contributed by atoms with Gasteiger partial charge in [0.05, 0.1) is 17.9 Å². The molecule has 6 heteroatoms. The van der Waals surface area contributed by atoms with Crippen molar-refractivity contribution in [3.8, 4) is 17.0 Å². The van der Waals surface area contributed by atoms with Crippen LogP contribution in [0.5, 0.6) is 5.75 Å². The number of nitrogens with zero attached hydrogens (tertiary/aromatic N) is 3. The van der Waals surface area contributed by atoms with Gasteiger partial charge in [0.2, 0.25) is 0 Å². The SMILES string of the molecule is CCOc1ccccc1C(=O)Nc1ccc(-c2ccc(N3CCC(C)CC3)nn2)cc1. The Hall–Kier alpha value is -3.41. The molecular formula is C25H28N4O2. The highest BCUT2D eigenvalue weighted by atomic mass is 16.5. The summed E-state index contributed by atoms with van der Waals surface area (Å²) in [6, 6.07) is 18.9. The van der Waals surface area contributed by atoms with Crippen LogP contribution in [0.25, 0.3) is 11.3 Å². The van der Waals surface area contributed by atoms with Gasteiger partial charge in [0, 0.05) is 24.3 Å². The van der Waals surface area contributed by atoms with Crippen LogP contribution in [0.1, 0.15) is 37.0 Å². The summed E-state index contributed by atoms with van der Waals surface area (Å²) in [5.74, 6) is 2.11. The average molecular weight is 417 g/mol. The highest BCUT2D eigenvalue weighted by Crippen LogP contribution is 2.25. The summed E-state index contributed by atoms with van der Waals surface area (Å²) >= 11 is 0. The number of rotatable bonds is 6. The first-order valence-corrected chi connectivity index (χ1v) is 10.9. The fourth-order valence-corrected chi connectivity index (χ4v) is 3.74. The number of ether oxygens (including phenoxy) is 1. The Morgan fingerprint density at radius 1 is 1.03 bits per heavy atom. The highest BCUT2D eigenvalue weighted by molar-refractivity contribution is 6.06. The van der Waals surface area contributed by atoms with E-state index >= 15 is 0 Å². The van der Waals surface area contributed by atoms with Crippen LogP contribution in [0.15, 0.2) is 60.7 Å². The van der Waals surface area contributed by atoms with Gasteiger partial charge in [-0.2, -0.15) is 0 Å². The predicted molar refractivity (Wildman–Crippen MR) is 124 cm³/mol. The molecule has 1 aliphatic heterocycles. The Labute approximate surface area is 183 Å². The minimum absolute atomic E-state index is 0.197. The number of nitrogens with one attached hydrogen (secondary N) is 1. The molecule has 1 saturated heterocycles. The quantitative estimate of drug-likeness (QED) is 0.610. The molecule has 1 fully saturated rings. The molecule has 0 unspecified atom stereocenters. The van der Waals surface area contributed by atoms with Gasteiger partial charge >= 0.3 is 0 Å². The van der Waals surface area contributed by atoms with Crippen LogP contribution < -0.4 is 15.0 Å². The van der Waals surface area contributed by atoms with Crippen LogP contribution in [-0.2, 0) is 0 Å². The lowest BCUT2D eigenvalue weighted by Crippen LogP contribution is -2.33. The normalized spacial score (nSPS) is 14.3. The van der Waals surface area contributed by atoms with Crippen molar-refractivity contribution in [2.45, 2.75) is 26.7 Å². The Morgan fingerprint density at radius 2 is 1.77 bits per heavy atom. The summed E-state index contributed by atoms with van der Waals surface area (Å²) in [6.07, 6.45) is 2.40. The molecule has 0 saturated carbocycles. The number of hydrogen-bond acceptors (Lipinski definition) is 5. The van der Waals surface area contributed by atoms with Crippen LogP contribution >= 0.6 is 0 Å². The largest absolute Gasteiger partial charge is 0.493 e. The number of hydrogen-bond donors (Lipinski definition) is 1. The first kappa shape index (κ1) is 20.8. The number of para-hydroxylation sites is 1. The van der Waals surface area contributed by atoms with Crippen molar-refractivity contribution in [3.63, 3.8) is 0 Å². The van der Waals surface area contributed by atoms with Crippen LogP contribution in [0.4, 0.5) is 11.5 Å².